The number of aromatic nitrogens is 3. The average Bonchev–Trinajstić information content (AvgIpc) is 4.08. The molecule has 0 aliphatic carbocycles. The second-order valence-electron chi connectivity index (χ2n) is 17.7. The van der Waals surface area contributed by atoms with Gasteiger partial charge in [0.25, 0.3) is 0 Å². The van der Waals surface area contributed by atoms with Gasteiger partial charge in [0.15, 0.2) is 5.82 Å². The van der Waals surface area contributed by atoms with Gasteiger partial charge in [-0.05, 0) is 140 Å². The van der Waals surface area contributed by atoms with Gasteiger partial charge < -0.3 is 8.83 Å². The lowest BCUT2D eigenvalue weighted by molar-refractivity contribution is 0.668. The fraction of sp³-hybridized carbons (Fsp3) is 0. The molecule has 0 atom stereocenters. The number of thiophene rings is 1. The van der Waals surface area contributed by atoms with Crippen LogP contribution in [0.25, 0.3) is 108 Å². The molecule has 0 radical (unpaired) electrons. The molecule has 10 aromatic carbocycles. The molecule has 0 saturated heterocycles. The Morgan fingerprint density at radius 3 is 1.30 bits per heavy atom. The van der Waals surface area contributed by atoms with E-state index in [1.165, 1.54) is 32.3 Å². The van der Waals surface area contributed by atoms with Crippen LogP contribution >= 0.6 is 11.3 Å². The first kappa shape index (κ1) is 38.0. The van der Waals surface area contributed by atoms with Crippen LogP contribution in [0, 0.1) is 0 Å². The summed E-state index contributed by atoms with van der Waals surface area (Å²) < 4.78 is 12.9. The average molecular weight is 902 g/mol. The third-order valence-corrected chi connectivity index (χ3v) is 14.6. The van der Waals surface area contributed by atoms with Gasteiger partial charge in [0, 0.05) is 50.4 Å². The van der Waals surface area contributed by atoms with Crippen molar-refractivity contribution in [1.82, 2.24) is 15.0 Å². The molecule has 0 saturated carbocycles. The van der Waals surface area contributed by atoms with E-state index in [0.717, 1.165) is 104 Å². The van der Waals surface area contributed by atoms with Crippen LogP contribution in [-0.4, -0.2) is 15.0 Å². The Labute approximate surface area is 397 Å². The van der Waals surface area contributed by atoms with Crippen molar-refractivity contribution < 1.29 is 8.83 Å². The zero-order valence-corrected chi connectivity index (χ0v) is 37.5. The van der Waals surface area contributed by atoms with E-state index in [2.05, 4.69) is 186 Å². The number of furan rings is 2. The monoisotopic (exact) mass is 901 g/mol. The molecule has 0 spiro atoms. The molecule has 5 aromatic heterocycles. The van der Waals surface area contributed by atoms with Crippen molar-refractivity contribution in [1.29, 1.82) is 0 Å². The van der Waals surface area contributed by atoms with Crippen molar-refractivity contribution in [3.05, 3.63) is 212 Å². The smallest absolute Gasteiger partial charge is 0.157 e. The van der Waals surface area contributed by atoms with E-state index in [-0.39, 0.29) is 0 Å². The van der Waals surface area contributed by atoms with E-state index >= 15 is 0 Å². The zero-order valence-electron chi connectivity index (χ0n) is 36.7. The van der Waals surface area contributed by atoms with Crippen LogP contribution in [-0.2, 0) is 0 Å². The van der Waals surface area contributed by atoms with Crippen LogP contribution in [0.5, 0.6) is 0 Å². The van der Waals surface area contributed by atoms with E-state index in [0.29, 0.717) is 5.82 Å². The number of hydrogen-bond donors (Lipinski definition) is 0. The number of benzene rings is 10. The summed E-state index contributed by atoms with van der Waals surface area (Å²) in [6.07, 6.45) is 1.88. The van der Waals surface area contributed by atoms with Crippen molar-refractivity contribution in [3.8, 4) is 0 Å². The second-order valence-corrected chi connectivity index (χ2v) is 18.7. The number of nitrogens with zero attached hydrogens (tertiary/aromatic N) is 5. The Morgan fingerprint density at radius 2 is 0.739 bits per heavy atom. The van der Waals surface area contributed by atoms with E-state index in [4.69, 9.17) is 23.8 Å². The molecule has 0 aliphatic rings. The quantitative estimate of drug-likeness (QED) is 0.154. The third kappa shape index (κ3) is 6.09. The third-order valence-electron chi connectivity index (χ3n) is 13.6. The molecule has 322 valence electrons. The number of rotatable bonds is 6. The molecule has 5 heterocycles. The van der Waals surface area contributed by atoms with Gasteiger partial charge in [0.05, 0.1) is 17.6 Å². The van der Waals surface area contributed by atoms with E-state index in [1.54, 1.807) is 11.3 Å². The summed E-state index contributed by atoms with van der Waals surface area (Å²) in [4.78, 5) is 22.0. The van der Waals surface area contributed by atoms with Crippen LogP contribution in [0.4, 0.5) is 34.4 Å². The van der Waals surface area contributed by atoms with Gasteiger partial charge in [-0.25, -0.2) is 15.0 Å². The molecule has 0 bridgehead atoms. The van der Waals surface area contributed by atoms with E-state index < -0.39 is 0 Å². The Kier molecular flexibility index (Phi) is 8.10. The lowest BCUT2D eigenvalue weighted by Gasteiger charge is -2.24. The SMILES string of the molecule is c1ccc2cc3cc(N(c4ccc5c(c4)oc4ccccc45)c4ccc5c(n4)sc4nc(N(c6ccc7cc8ccccc8cc7c6)c6ccc7c(c6)oc6ccccc67)cnc45)ccc3cc2c1. The molecule has 7 nitrogen and oxygen atoms in total. The van der Waals surface area contributed by atoms with Gasteiger partial charge in [0.2, 0.25) is 0 Å². The number of hydrogen-bond acceptors (Lipinski definition) is 8. The van der Waals surface area contributed by atoms with Crippen molar-refractivity contribution >= 4 is 153 Å². The fourth-order valence-corrected chi connectivity index (χ4v) is 11.3. The number of fused-ring (bicyclic) bond motifs is 13. The summed E-state index contributed by atoms with van der Waals surface area (Å²) in [5.41, 5.74) is 7.95. The van der Waals surface area contributed by atoms with Crippen LogP contribution in [0.15, 0.2) is 221 Å². The van der Waals surface area contributed by atoms with Crippen LogP contribution in [0.2, 0.25) is 0 Å². The minimum absolute atomic E-state index is 0.689. The molecular formula is C61H35N5O2S. The van der Waals surface area contributed by atoms with Crippen molar-refractivity contribution in [2.45, 2.75) is 0 Å². The maximum Gasteiger partial charge on any atom is 0.157 e. The van der Waals surface area contributed by atoms with Crippen LogP contribution < -0.4 is 9.80 Å². The minimum atomic E-state index is 0.689. The van der Waals surface area contributed by atoms with E-state index in [9.17, 15) is 0 Å². The van der Waals surface area contributed by atoms with E-state index in [1.807, 2.05) is 36.5 Å². The predicted molar refractivity (Wildman–Crippen MR) is 287 cm³/mol. The summed E-state index contributed by atoms with van der Waals surface area (Å²) in [6.45, 7) is 0. The maximum atomic E-state index is 6.44. The molecule has 8 heteroatoms. The van der Waals surface area contributed by atoms with Crippen molar-refractivity contribution in [2.75, 3.05) is 9.80 Å². The Bertz CT molecular complexity index is 4320. The number of anilines is 6. The maximum absolute atomic E-state index is 6.44. The lowest BCUT2D eigenvalue weighted by atomic mass is 10.0. The van der Waals surface area contributed by atoms with Gasteiger partial charge in [-0.1, -0.05) is 108 Å². The molecule has 0 amide bonds. The second kappa shape index (κ2) is 14.7. The highest BCUT2D eigenvalue weighted by Gasteiger charge is 2.22. The minimum Gasteiger partial charge on any atom is -0.456 e. The summed E-state index contributed by atoms with van der Waals surface area (Å²) in [5, 5.41) is 14.7. The molecule has 15 rings (SSSR count). The highest BCUT2D eigenvalue weighted by atomic mass is 32.1. The van der Waals surface area contributed by atoms with Crippen molar-refractivity contribution in [3.63, 3.8) is 0 Å². The number of para-hydroxylation sites is 2. The molecular weight excluding hydrogens is 867 g/mol. The first-order chi connectivity index (χ1) is 34.1. The molecule has 0 N–H and O–H groups in total. The highest BCUT2D eigenvalue weighted by molar-refractivity contribution is 7.25. The molecule has 0 fully saturated rings. The summed E-state index contributed by atoms with van der Waals surface area (Å²) in [7, 11) is 0. The van der Waals surface area contributed by atoms with Crippen molar-refractivity contribution in [2.24, 2.45) is 0 Å². The fourth-order valence-electron chi connectivity index (χ4n) is 10.3. The summed E-state index contributed by atoms with van der Waals surface area (Å²) >= 11 is 1.55. The number of pyridine rings is 1. The summed E-state index contributed by atoms with van der Waals surface area (Å²) in [6, 6.07) is 72.7. The molecule has 15 aromatic rings. The van der Waals surface area contributed by atoms with Gasteiger partial charge >= 0.3 is 0 Å². The Balaban J connectivity index is 0.887. The highest BCUT2D eigenvalue weighted by Crippen LogP contribution is 2.44. The Morgan fingerprint density at radius 1 is 0.319 bits per heavy atom. The van der Waals surface area contributed by atoms with Crippen LogP contribution in [0.1, 0.15) is 0 Å². The zero-order chi connectivity index (χ0) is 45.2. The standard InChI is InChI=1S/C61H35N5O2S/c1-3-11-38-29-42-31-44(19-17-40(42)27-36(38)9-1)65(46-21-23-50-48-13-5-7-15-53(48)67-55(50)33-46)57-26-25-52-59-61(69-60(52)63-57)64-58(35-62-59)66(47-22-24-51-49-14-6-8-16-54(49)68-56(51)34-47)45-20-18-41-28-37-10-2-4-12-39(37)30-43(41)32-45/h1-35H. The van der Waals surface area contributed by atoms with Gasteiger partial charge in [-0.2, -0.15) is 0 Å². The van der Waals surface area contributed by atoms with Gasteiger partial charge in [-0.15, -0.1) is 0 Å². The molecule has 0 unspecified atom stereocenters. The first-order valence-electron chi connectivity index (χ1n) is 23.0. The molecule has 0 aliphatic heterocycles. The van der Waals surface area contributed by atoms with Crippen LogP contribution in [0.3, 0.4) is 0 Å². The summed E-state index contributed by atoms with van der Waals surface area (Å²) in [5.74, 6) is 1.46. The predicted octanol–water partition coefficient (Wildman–Crippen LogP) is 17.6. The van der Waals surface area contributed by atoms with Gasteiger partial charge in [-0.3, -0.25) is 9.80 Å². The van der Waals surface area contributed by atoms with Gasteiger partial charge in [0.1, 0.15) is 43.3 Å². The molecule has 69 heavy (non-hydrogen) atoms. The lowest BCUT2D eigenvalue weighted by Crippen LogP contribution is -2.12. The topological polar surface area (TPSA) is 71.4 Å². The normalized spacial score (nSPS) is 12.1. The Hall–Kier alpha value is -9.11. The first-order valence-corrected chi connectivity index (χ1v) is 23.8. The largest absolute Gasteiger partial charge is 0.456 e.